The molecule has 0 saturated heterocycles. The Hall–Kier alpha value is -1.35. The van der Waals surface area contributed by atoms with Gasteiger partial charge in [0.2, 0.25) is 0 Å². The zero-order valence-corrected chi connectivity index (χ0v) is 10.3. The van der Waals surface area contributed by atoms with Gasteiger partial charge in [-0.05, 0) is 38.9 Å². The van der Waals surface area contributed by atoms with Crippen LogP contribution < -0.4 is 5.32 Å². The van der Waals surface area contributed by atoms with Gasteiger partial charge in [0.15, 0.2) is 0 Å². The molecule has 0 saturated carbocycles. The first-order valence-electron chi connectivity index (χ1n) is 5.37. The molecule has 1 aromatic rings. The van der Waals surface area contributed by atoms with Gasteiger partial charge in [-0.1, -0.05) is 23.8 Å². The monoisotopic (exact) mass is 221 g/mol. The minimum absolute atomic E-state index is 0.0772. The Balaban J connectivity index is 3.21. The fourth-order valence-electron chi connectivity index (χ4n) is 1.95. The fraction of sp³-hybridized carbons (Fsp3) is 0.462. The zero-order chi connectivity index (χ0) is 12.3. The molecule has 0 bridgehead atoms. The molecule has 1 unspecified atom stereocenters. The maximum Gasteiger partial charge on any atom is 0.305 e. The van der Waals surface area contributed by atoms with Gasteiger partial charge in [0.05, 0.1) is 12.0 Å². The largest absolute Gasteiger partial charge is 0.481 e. The van der Waals surface area contributed by atoms with Gasteiger partial charge in [0.25, 0.3) is 0 Å². The molecule has 0 fully saturated rings. The number of nitrogens with one attached hydrogen (secondary N) is 1. The molecule has 88 valence electrons. The number of benzene rings is 1. The number of hydrogen-bond donors (Lipinski definition) is 2. The van der Waals surface area contributed by atoms with Gasteiger partial charge in [-0.3, -0.25) is 4.79 Å². The Kier molecular flexibility index (Phi) is 3.70. The van der Waals surface area contributed by atoms with E-state index in [1.807, 2.05) is 32.9 Å². The van der Waals surface area contributed by atoms with Crippen LogP contribution in [0.4, 0.5) is 0 Å². The molecule has 1 aromatic carbocycles. The van der Waals surface area contributed by atoms with Crippen molar-refractivity contribution in [1.82, 2.24) is 5.32 Å². The lowest BCUT2D eigenvalue weighted by atomic mass is 9.85. The van der Waals surface area contributed by atoms with Crippen molar-refractivity contribution in [2.24, 2.45) is 0 Å². The number of carboxylic acid groups (broad SMARTS) is 1. The minimum atomic E-state index is -0.794. The van der Waals surface area contributed by atoms with Crippen molar-refractivity contribution in [3.63, 3.8) is 0 Å². The van der Waals surface area contributed by atoms with Crippen LogP contribution in [0, 0.1) is 13.8 Å². The van der Waals surface area contributed by atoms with Crippen LogP contribution in [0.15, 0.2) is 18.2 Å². The van der Waals surface area contributed by atoms with E-state index in [0.717, 1.165) is 16.7 Å². The minimum Gasteiger partial charge on any atom is -0.481 e. The highest BCUT2D eigenvalue weighted by Crippen LogP contribution is 2.28. The standard InChI is InChI=1S/C13H19NO2/c1-9-5-6-10(2)11(7-9)13(3,14-4)8-12(15)16/h5-7,14H,8H2,1-4H3,(H,15,16). The summed E-state index contributed by atoms with van der Waals surface area (Å²) < 4.78 is 0. The average Bonchev–Trinajstić information content (AvgIpc) is 2.20. The summed E-state index contributed by atoms with van der Waals surface area (Å²) in [7, 11) is 1.80. The number of aryl methyl sites for hydroxylation is 2. The van der Waals surface area contributed by atoms with Crippen LogP contribution in [-0.2, 0) is 10.3 Å². The van der Waals surface area contributed by atoms with Crippen molar-refractivity contribution in [2.75, 3.05) is 7.05 Å². The van der Waals surface area contributed by atoms with E-state index >= 15 is 0 Å². The number of aliphatic carboxylic acids is 1. The van der Waals surface area contributed by atoms with Crippen LogP contribution in [0.5, 0.6) is 0 Å². The molecular weight excluding hydrogens is 202 g/mol. The van der Waals surface area contributed by atoms with Gasteiger partial charge >= 0.3 is 5.97 Å². The van der Waals surface area contributed by atoms with E-state index in [4.69, 9.17) is 5.11 Å². The van der Waals surface area contributed by atoms with Gasteiger partial charge in [0, 0.05) is 0 Å². The van der Waals surface area contributed by atoms with Crippen LogP contribution in [0.3, 0.4) is 0 Å². The molecule has 3 nitrogen and oxygen atoms in total. The third-order valence-corrected chi connectivity index (χ3v) is 3.04. The van der Waals surface area contributed by atoms with Crippen LogP contribution in [-0.4, -0.2) is 18.1 Å². The van der Waals surface area contributed by atoms with Crippen molar-refractivity contribution < 1.29 is 9.90 Å². The van der Waals surface area contributed by atoms with E-state index < -0.39 is 11.5 Å². The first-order chi connectivity index (χ1) is 7.39. The van der Waals surface area contributed by atoms with E-state index in [0.29, 0.717) is 0 Å². The Morgan fingerprint density at radius 3 is 2.56 bits per heavy atom. The van der Waals surface area contributed by atoms with Crippen LogP contribution in [0.2, 0.25) is 0 Å². The molecule has 0 aliphatic rings. The summed E-state index contributed by atoms with van der Waals surface area (Å²) >= 11 is 0. The Bertz CT molecular complexity index is 401. The molecule has 1 rings (SSSR count). The van der Waals surface area contributed by atoms with E-state index in [2.05, 4.69) is 11.4 Å². The highest BCUT2D eigenvalue weighted by atomic mass is 16.4. The number of carbonyl (C=O) groups is 1. The molecule has 0 heterocycles. The predicted molar refractivity (Wildman–Crippen MR) is 64.6 cm³/mol. The van der Waals surface area contributed by atoms with Gasteiger partial charge in [-0.15, -0.1) is 0 Å². The molecule has 0 radical (unpaired) electrons. The highest BCUT2D eigenvalue weighted by Gasteiger charge is 2.29. The molecule has 0 amide bonds. The second-order valence-electron chi connectivity index (χ2n) is 4.47. The summed E-state index contributed by atoms with van der Waals surface area (Å²) in [6, 6.07) is 6.12. The molecule has 0 spiro atoms. The molecule has 2 N–H and O–H groups in total. The van der Waals surface area contributed by atoms with E-state index in [1.165, 1.54) is 0 Å². The van der Waals surface area contributed by atoms with Gasteiger partial charge in [-0.25, -0.2) is 0 Å². The summed E-state index contributed by atoms with van der Waals surface area (Å²) in [4.78, 5) is 10.9. The lowest BCUT2D eigenvalue weighted by Gasteiger charge is -2.30. The Morgan fingerprint density at radius 1 is 1.44 bits per heavy atom. The normalized spacial score (nSPS) is 14.5. The molecular formula is C13H19NO2. The van der Waals surface area contributed by atoms with Crippen molar-refractivity contribution in [3.8, 4) is 0 Å². The fourth-order valence-corrected chi connectivity index (χ4v) is 1.95. The molecule has 0 aliphatic heterocycles. The zero-order valence-electron chi connectivity index (χ0n) is 10.3. The summed E-state index contributed by atoms with van der Waals surface area (Å²) in [5.74, 6) is -0.794. The highest BCUT2D eigenvalue weighted by molar-refractivity contribution is 5.69. The predicted octanol–water partition coefficient (Wildman–Crippen LogP) is 2.21. The van der Waals surface area contributed by atoms with Crippen molar-refractivity contribution >= 4 is 5.97 Å². The third-order valence-electron chi connectivity index (χ3n) is 3.04. The lowest BCUT2D eigenvalue weighted by Crippen LogP contribution is -2.39. The third kappa shape index (κ3) is 2.61. The first kappa shape index (κ1) is 12.7. The molecule has 16 heavy (non-hydrogen) atoms. The summed E-state index contributed by atoms with van der Waals surface area (Å²) in [5, 5.41) is 12.1. The second-order valence-corrected chi connectivity index (χ2v) is 4.47. The van der Waals surface area contributed by atoms with Crippen LogP contribution >= 0.6 is 0 Å². The molecule has 1 atom stereocenters. The van der Waals surface area contributed by atoms with E-state index in [9.17, 15) is 4.79 Å². The second kappa shape index (κ2) is 4.66. The number of carboxylic acids is 1. The van der Waals surface area contributed by atoms with Gasteiger partial charge in [0.1, 0.15) is 0 Å². The Morgan fingerprint density at radius 2 is 2.06 bits per heavy atom. The summed E-state index contributed by atoms with van der Waals surface area (Å²) in [6.07, 6.45) is 0.0772. The smallest absolute Gasteiger partial charge is 0.305 e. The van der Waals surface area contributed by atoms with Gasteiger partial charge in [-0.2, -0.15) is 0 Å². The molecule has 3 heteroatoms. The van der Waals surface area contributed by atoms with Crippen molar-refractivity contribution in [3.05, 3.63) is 34.9 Å². The summed E-state index contributed by atoms with van der Waals surface area (Å²) in [5.41, 5.74) is 2.80. The van der Waals surface area contributed by atoms with Crippen LogP contribution in [0.25, 0.3) is 0 Å². The maximum absolute atomic E-state index is 10.9. The van der Waals surface area contributed by atoms with Crippen molar-refractivity contribution in [2.45, 2.75) is 32.7 Å². The van der Waals surface area contributed by atoms with E-state index in [1.54, 1.807) is 7.05 Å². The average molecular weight is 221 g/mol. The topological polar surface area (TPSA) is 49.3 Å². The Labute approximate surface area is 96.5 Å². The van der Waals surface area contributed by atoms with Crippen molar-refractivity contribution in [1.29, 1.82) is 0 Å². The summed E-state index contributed by atoms with van der Waals surface area (Å²) in [6.45, 7) is 5.94. The van der Waals surface area contributed by atoms with Crippen LogP contribution in [0.1, 0.15) is 30.0 Å². The molecule has 0 aromatic heterocycles. The number of rotatable bonds is 4. The first-order valence-corrected chi connectivity index (χ1v) is 5.37. The lowest BCUT2D eigenvalue weighted by molar-refractivity contribution is -0.138. The SMILES string of the molecule is CNC(C)(CC(=O)O)c1cc(C)ccc1C. The number of hydrogen-bond acceptors (Lipinski definition) is 2. The molecule has 0 aliphatic carbocycles. The van der Waals surface area contributed by atoms with E-state index in [-0.39, 0.29) is 6.42 Å². The quantitative estimate of drug-likeness (QED) is 0.819. The van der Waals surface area contributed by atoms with Gasteiger partial charge < -0.3 is 10.4 Å². The maximum atomic E-state index is 10.9.